The average molecular weight is 326 g/mol. The number of hydrogen-bond acceptors (Lipinski definition) is 4. The molecule has 0 aromatic carbocycles. The van der Waals surface area contributed by atoms with Gasteiger partial charge >= 0.3 is 0 Å². The molecule has 0 radical (unpaired) electrons. The molecule has 6 nitrogen and oxygen atoms in total. The molecule has 0 aliphatic carbocycles. The third-order valence-corrected chi connectivity index (χ3v) is 5.86. The van der Waals surface area contributed by atoms with Crippen LogP contribution >= 0.6 is 0 Å². The zero-order chi connectivity index (χ0) is 16.2. The number of nitrogens with one attached hydrogen (secondary N) is 1. The Morgan fingerprint density at radius 2 is 2.32 bits per heavy atom. The maximum Gasteiger partial charge on any atom is 0.213 e. The summed E-state index contributed by atoms with van der Waals surface area (Å²) in [6, 6.07) is 0. The third-order valence-electron chi connectivity index (χ3n) is 4.05. The van der Waals surface area contributed by atoms with Crippen molar-refractivity contribution in [2.75, 3.05) is 19.6 Å². The number of sulfonamides is 1. The number of rotatable bonds is 7. The maximum atomic E-state index is 11.8. The zero-order valence-corrected chi connectivity index (χ0v) is 14.2. The predicted octanol–water partition coefficient (Wildman–Crippen LogP) is 1.52. The lowest BCUT2D eigenvalue weighted by atomic mass is 9.98. The van der Waals surface area contributed by atoms with Gasteiger partial charge in [0, 0.05) is 37.6 Å². The fraction of sp³-hybridized carbons (Fsp3) is 0.667. The van der Waals surface area contributed by atoms with Crippen LogP contribution in [0.15, 0.2) is 19.0 Å². The van der Waals surface area contributed by atoms with Crippen molar-refractivity contribution < 1.29 is 8.42 Å². The normalized spacial score (nSPS) is 20.4. The van der Waals surface area contributed by atoms with Crippen LogP contribution in [0.3, 0.4) is 0 Å². The van der Waals surface area contributed by atoms with Gasteiger partial charge in [-0.15, -0.1) is 0 Å². The number of nitrogens with zero attached hydrogens (tertiary/aromatic N) is 3. The Morgan fingerprint density at radius 3 is 2.95 bits per heavy atom. The molecule has 1 aromatic rings. The van der Waals surface area contributed by atoms with Crippen molar-refractivity contribution in [1.82, 2.24) is 19.4 Å². The van der Waals surface area contributed by atoms with Crippen LogP contribution in [0.5, 0.6) is 0 Å². The summed E-state index contributed by atoms with van der Waals surface area (Å²) in [5.41, 5.74) is 1.16. The lowest BCUT2D eigenvalue weighted by Crippen LogP contribution is -2.41. The quantitative estimate of drug-likeness (QED) is 0.825. The molecular weight excluding hydrogens is 300 g/mol. The van der Waals surface area contributed by atoms with Gasteiger partial charge in [0.15, 0.2) is 0 Å². The second-order valence-corrected chi connectivity index (χ2v) is 8.52. The molecule has 1 N–H and O–H groups in total. The molecule has 1 aromatic heterocycles. The minimum Gasteiger partial charge on any atom is -0.299 e. The Balaban J connectivity index is 1.85. The summed E-state index contributed by atoms with van der Waals surface area (Å²) in [6.07, 6.45) is 7.67. The second-order valence-electron chi connectivity index (χ2n) is 6.20. The van der Waals surface area contributed by atoms with Crippen molar-refractivity contribution in [3.05, 3.63) is 24.5 Å². The standard InChI is InChI=1S/C15H26N4O2S/c1-4-19-12-15(8-16-19)11-18-7-5-6-14(10-18)9-17-22(20,21)13(2)3/h4,8,12-14,17H,1,5-7,9-11H2,2-3H3/t14-/m1/s1. The van der Waals surface area contributed by atoms with E-state index in [2.05, 4.69) is 21.3 Å². The van der Waals surface area contributed by atoms with E-state index in [1.165, 1.54) is 0 Å². The van der Waals surface area contributed by atoms with Gasteiger partial charge in [-0.1, -0.05) is 6.58 Å². The molecule has 1 saturated heterocycles. The molecule has 0 unspecified atom stereocenters. The van der Waals surface area contributed by atoms with Gasteiger partial charge in [-0.3, -0.25) is 4.90 Å². The molecule has 0 spiro atoms. The summed E-state index contributed by atoms with van der Waals surface area (Å²) in [7, 11) is -3.17. The van der Waals surface area contributed by atoms with Crippen LogP contribution in [-0.2, 0) is 16.6 Å². The van der Waals surface area contributed by atoms with Gasteiger partial charge in [0.05, 0.1) is 11.4 Å². The molecule has 1 aliphatic rings. The Bertz CT molecular complexity index is 594. The zero-order valence-electron chi connectivity index (χ0n) is 13.4. The van der Waals surface area contributed by atoms with E-state index >= 15 is 0 Å². The van der Waals surface area contributed by atoms with Crippen molar-refractivity contribution in [2.24, 2.45) is 5.92 Å². The van der Waals surface area contributed by atoms with E-state index < -0.39 is 10.0 Å². The Morgan fingerprint density at radius 1 is 1.55 bits per heavy atom. The minimum absolute atomic E-state index is 0.372. The van der Waals surface area contributed by atoms with E-state index in [0.29, 0.717) is 12.5 Å². The van der Waals surface area contributed by atoms with E-state index in [1.807, 2.05) is 12.4 Å². The van der Waals surface area contributed by atoms with Gasteiger partial charge in [0.25, 0.3) is 0 Å². The van der Waals surface area contributed by atoms with Gasteiger partial charge in [-0.25, -0.2) is 17.8 Å². The highest BCUT2D eigenvalue weighted by Crippen LogP contribution is 2.18. The smallest absolute Gasteiger partial charge is 0.213 e. The summed E-state index contributed by atoms with van der Waals surface area (Å²) < 4.78 is 28.1. The van der Waals surface area contributed by atoms with Crippen molar-refractivity contribution >= 4 is 16.2 Å². The molecule has 124 valence electrons. The van der Waals surface area contributed by atoms with Gasteiger partial charge in [0.2, 0.25) is 10.0 Å². The van der Waals surface area contributed by atoms with E-state index in [9.17, 15) is 8.42 Å². The first-order valence-corrected chi connectivity index (χ1v) is 9.31. The molecule has 0 amide bonds. The minimum atomic E-state index is -3.17. The summed E-state index contributed by atoms with van der Waals surface area (Å²) in [5, 5.41) is 3.81. The van der Waals surface area contributed by atoms with E-state index in [1.54, 1.807) is 24.7 Å². The molecule has 1 atom stereocenters. The first-order valence-electron chi connectivity index (χ1n) is 7.77. The summed E-state index contributed by atoms with van der Waals surface area (Å²) in [6.45, 7) is 10.4. The highest BCUT2D eigenvalue weighted by molar-refractivity contribution is 7.90. The molecule has 0 saturated carbocycles. The molecule has 7 heteroatoms. The van der Waals surface area contributed by atoms with Crippen LogP contribution in [0.4, 0.5) is 0 Å². The first-order chi connectivity index (χ1) is 10.4. The summed E-state index contributed by atoms with van der Waals surface area (Å²) in [5.74, 6) is 0.372. The van der Waals surface area contributed by atoms with E-state index in [4.69, 9.17) is 0 Å². The fourth-order valence-corrected chi connectivity index (χ4v) is 3.48. The van der Waals surface area contributed by atoms with Gasteiger partial charge < -0.3 is 0 Å². The van der Waals surface area contributed by atoms with Crippen molar-refractivity contribution in [2.45, 2.75) is 38.5 Å². The van der Waals surface area contributed by atoms with Crippen LogP contribution in [0.1, 0.15) is 32.3 Å². The maximum absolute atomic E-state index is 11.8. The lowest BCUT2D eigenvalue weighted by molar-refractivity contribution is 0.169. The average Bonchev–Trinajstić information content (AvgIpc) is 2.93. The van der Waals surface area contributed by atoms with Gasteiger partial charge in [0.1, 0.15) is 0 Å². The second kappa shape index (κ2) is 7.39. The Hall–Kier alpha value is -1.18. The molecule has 22 heavy (non-hydrogen) atoms. The fourth-order valence-electron chi connectivity index (χ4n) is 2.68. The number of piperidine rings is 1. The monoisotopic (exact) mass is 326 g/mol. The molecule has 0 bridgehead atoms. The van der Waals surface area contributed by atoms with Crippen LogP contribution in [0.2, 0.25) is 0 Å². The molecule has 2 heterocycles. The van der Waals surface area contributed by atoms with Crippen molar-refractivity contribution in [1.29, 1.82) is 0 Å². The van der Waals surface area contributed by atoms with Crippen molar-refractivity contribution in [3.63, 3.8) is 0 Å². The largest absolute Gasteiger partial charge is 0.299 e. The lowest BCUT2D eigenvalue weighted by Gasteiger charge is -2.32. The molecule has 1 fully saturated rings. The van der Waals surface area contributed by atoms with Crippen LogP contribution in [0, 0.1) is 5.92 Å². The van der Waals surface area contributed by atoms with E-state index in [0.717, 1.165) is 38.0 Å². The Labute approximate surface area is 133 Å². The summed E-state index contributed by atoms with van der Waals surface area (Å²) in [4.78, 5) is 2.36. The highest BCUT2D eigenvalue weighted by Gasteiger charge is 2.23. The molecule has 1 aliphatic heterocycles. The highest BCUT2D eigenvalue weighted by atomic mass is 32.2. The molecular formula is C15H26N4O2S. The van der Waals surface area contributed by atoms with Gasteiger partial charge in [-0.05, 0) is 39.2 Å². The van der Waals surface area contributed by atoms with Crippen LogP contribution < -0.4 is 4.72 Å². The Kier molecular flexibility index (Phi) is 5.77. The topological polar surface area (TPSA) is 67.2 Å². The number of likely N-dealkylation sites (tertiary alicyclic amines) is 1. The SMILES string of the molecule is C=Cn1cc(CN2CCC[C@H](CNS(=O)(=O)C(C)C)C2)cn1. The number of hydrogen-bond donors (Lipinski definition) is 1. The van der Waals surface area contributed by atoms with Gasteiger partial charge in [-0.2, -0.15) is 5.10 Å². The van der Waals surface area contributed by atoms with Crippen LogP contribution in [-0.4, -0.2) is 48.0 Å². The predicted molar refractivity (Wildman–Crippen MR) is 88.7 cm³/mol. The third kappa shape index (κ3) is 4.66. The van der Waals surface area contributed by atoms with Crippen LogP contribution in [0.25, 0.3) is 6.20 Å². The van der Waals surface area contributed by atoms with E-state index in [-0.39, 0.29) is 5.25 Å². The molecule has 2 rings (SSSR count). The van der Waals surface area contributed by atoms with Crippen molar-refractivity contribution in [3.8, 4) is 0 Å². The first kappa shape index (κ1) is 17.2. The number of aromatic nitrogens is 2. The summed E-state index contributed by atoms with van der Waals surface area (Å²) >= 11 is 0.